The molecule has 1 atom stereocenters. The first-order chi connectivity index (χ1) is 10.2. The lowest BCUT2D eigenvalue weighted by molar-refractivity contribution is 0.499. The molecule has 0 bridgehead atoms. The van der Waals surface area contributed by atoms with Crippen molar-refractivity contribution in [1.82, 2.24) is 5.32 Å². The molecule has 0 aliphatic heterocycles. The third kappa shape index (κ3) is 4.71. The zero-order chi connectivity index (χ0) is 15.1. The maximum Gasteiger partial charge on any atom is 0.0323 e. The van der Waals surface area contributed by atoms with Crippen molar-refractivity contribution in [2.75, 3.05) is 6.54 Å². The molecule has 0 amide bonds. The second-order valence-electron chi connectivity index (χ2n) is 5.87. The van der Waals surface area contributed by atoms with Gasteiger partial charge in [0.2, 0.25) is 0 Å². The molecule has 0 aliphatic rings. The van der Waals surface area contributed by atoms with Gasteiger partial charge in [0.15, 0.2) is 0 Å². The molecule has 112 valence electrons. The quantitative estimate of drug-likeness (QED) is 0.755. The normalized spacial score (nSPS) is 12.3. The standard InChI is InChI=1S/C20H27N/c1-4-14-21-20(13-11-18-8-6-5-7-9-18)19-12-10-16(2)17(3)15-19/h5-10,12,15,20-21H,4,11,13-14H2,1-3H3. The van der Waals surface area contributed by atoms with Crippen LogP contribution in [0.4, 0.5) is 0 Å². The molecule has 2 aromatic carbocycles. The number of hydrogen-bond acceptors (Lipinski definition) is 1. The van der Waals surface area contributed by atoms with Crippen molar-refractivity contribution >= 4 is 0 Å². The molecule has 0 saturated heterocycles. The highest BCUT2D eigenvalue weighted by Crippen LogP contribution is 2.22. The molecular formula is C20H27N. The highest BCUT2D eigenvalue weighted by Gasteiger charge is 2.11. The van der Waals surface area contributed by atoms with Crippen LogP contribution in [0.2, 0.25) is 0 Å². The number of aryl methyl sites for hydroxylation is 3. The van der Waals surface area contributed by atoms with Gasteiger partial charge in [-0.3, -0.25) is 0 Å². The van der Waals surface area contributed by atoms with Gasteiger partial charge in [0, 0.05) is 6.04 Å². The Morgan fingerprint density at radius 1 is 0.952 bits per heavy atom. The second-order valence-corrected chi connectivity index (χ2v) is 5.87. The number of benzene rings is 2. The van der Waals surface area contributed by atoms with E-state index >= 15 is 0 Å². The topological polar surface area (TPSA) is 12.0 Å². The maximum atomic E-state index is 3.70. The summed E-state index contributed by atoms with van der Waals surface area (Å²) in [5.41, 5.74) is 5.60. The van der Waals surface area contributed by atoms with E-state index in [9.17, 15) is 0 Å². The van der Waals surface area contributed by atoms with Crippen LogP contribution in [0.25, 0.3) is 0 Å². The summed E-state index contributed by atoms with van der Waals surface area (Å²) in [6.45, 7) is 7.68. The van der Waals surface area contributed by atoms with Crippen molar-refractivity contribution in [2.24, 2.45) is 0 Å². The molecule has 2 aromatic rings. The average Bonchev–Trinajstić information content (AvgIpc) is 2.51. The fraction of sp³-hybridized carbons (Fsp3) is 0.400. The van der Waals surface area contributed by atoms with E-state index < -0.39 is 0 Å². The van der Waals surface area contributed by atoms with Crippen molar-refractivity contribution in [3.8, 4) is 0 Å². The molecule has 1 heteroatoms. The van der Waals surface area contributed by atoms with Crippen LogP contribution in [0.3, 0.4) is 0 Å². The lowest BCUT2D eigenvalue weighted by Crippen LogP contribution is -2.22. The Morgan fingerprint density at radius 2 is 1.71 bits per heavy atom. The first-order valence-corrected chi connectivity index (χ1v) is 8.05. The van der Waals surface area contributed by atoms with Gasteiger partial charge in [0.05, 0.1) is 0 Å². The van der Waals surface area contributed by atoms with Gasteiger partial charge in [-0.2, -0.15) is 0 Å². The molecule has 0 saturated carbocycles. The summed E-state index contributed by atoms with van der Waals surface area (Å²) in [4.78, 5) is 0. The zero-order valence-electron chi connectivity index (χ0n) is 13.5. The lowest BCUT2D eigenvalue weighted by atomic mass is 9.96. The SMILES string of the molecule is CCCNC(CCc1ccccc1)c1ccc(C)c(C)c1. The number of hydrogen-bond donors (Lipinski definition) is 1. The van der Waals surface area contributed by atoms with E-state index in [1.165, 1.54) is 28.7 Å². The minimum atomic E-state index is 0.449. The molecule has 1 nitrogen and oxygen atoms in total. The number of nitrogens with one attached hydrogen (secondary N) is 1. The molecule has 0 heterocycles. The van der Waals surface area contributed by atoms with Crippen molar-refractivity contribution in [1.29, 1.82) is 0 Å². The monoisotopic (exact) mass is 281 g/mol. The Labute approximate surface area is 129 Å². The smallest absolute Gasteiger partial charge is 0.0323 e. The first-order valence-electron chi connectivity index (χ1n) is 8.05. The predicted molar refractivity (Wildman–Crippen MR) is 91.7 cm³/mol. The average molecular weight is 281 g/mol. The Bertz CT molecular complexity index is 545. The molecule has 0 aliphatic carbocycles. The third-order valence-corrected chi connectivity index (χ3v) is 4.14. The van der Waals surface area contributed by atoms with Crippen LogP contribution in [0.1, 0.15) is 48.1 Å². The van der Waals surface area contributed by atoms with Gasteiger partial charge in [-0.1, -0.05) is 55.5 Å². The van der Waals surface area contributed by atoms with Crippen LogP contribution in [0.15, 0.2) is 48.5 Å². The molecule has 1 unspecified atom stereocenters. The summed E-state index contributed by atoms with van der Waals surface area (Å²) < 4.78 is 0. The Balaban J connectivity index is 2.08. The van der Waals surface area contributed by atoms with Crippen LogP contribution in [-0.4, -0.2) is 6.54 Å². The van der Waals surface area contributed by atoms with E-state index in [2.05, 4.69) is 74.6 Å². The highest BCUT2D eigenvalue weighted by atomic mass is 14.9. The molecule has 0 aromatic heterocycles. The van der Waals surface area contributed by atoms with Gasteiger partial charge >= 0.3 is 0 Å². The van der Waals surface area contributed by atoms with E-state index in [1.54, 1.807) is 0 Å². The van der Waals surface area contributed by atoms with Crippen LogP contribution >= 0.6 is 0 Å². The van der Waals surface area contributed by atoms with Crippen LogP contribution in [0, 0.1) is 13.8 Å². The van der Waals surface area contributed by atoms with Crippen molar-refractivity contribution in [3.63, 3.8) is 0 Å². The summed E-state index contributed by atoms with van der Waals surface area (Å²) in [7, 11) is 0. The summed E-state index contributed by atoms with van der Waals surface area (Å²) in [5, 5.41) is 3.70. The van der Waals surface area contributed by atoms with Gasteiger partial charge in [0.1, 0.15) is 0 Å². The molecule has 0 spiro atoms. The maximum absolute atomic E-state index is 3.70. The fourth-order valence-corrected chi connectivity index (χ4v) is 2.64. The molecule has 2 rings (SSSR count). The first kappa shape index (κ1) is 15.8. The summed E-state index contributed by atoms with van der Waals surface area (Å²) >= 11 is 0. The van der Waals surface area contributed by atoms with Gasteiger partial charge in [-0.25, -0.2) is 0 Å². The van der Waals surface area contributed by atoms with Crippen molar-refractivity contribution in [3.05, 3.63) is 70.8 Å². The molecule has 1 N–H and O–H groups in total. The fourth-order valence-electron chi connectivity index (χ4n) is 2.64. The van der Waals surface area contributed by atoms with Gasteiger partial charge in [0.25, 0.3) is 0 Å². The van der Waals surface area contributed by atoms with E-state index in [0.29, 0.717) is 6.04 Å². The summed E-state index contributed by atoms with van der Waals surface area (Å²) in [5.74, 6) is 0. The number of rotatable bonds is 7. The van der Waals surface area contributed by atoms with Crippen molar-refractivity contribution < 1.29 is 0 Å². The van der Waals surface area contributed by atoms with E-state index in [4.69, 9.17) is 0 Å². The Morgan fingerprint density at radius 3 is 2.38 bits per heavy atom. The Kier molecular flexibility index (Phi) is 6.01. The molecule has 0 fully saturated rings. The molecule has 21 heavy (non-hydrogen) atoms. The van der Waals surface area contributed by atoms with Gasteiger partial charge in [-0.15, -0.1) is 0 Å². The highest BCUT2D eigenvalue weighted by molar-refractivity contribution is 5.32. The lowest BCUT2D eigenvalue weighted by Gasteiger charge is -2.20. The van der Waals surface area contributed by atoms with E-state index in [1.807, 2.05) is 0 Å². The van der Waals surface area contributed by atoms with Gasteiger partial charge in [-0.05, 0) is 61.9 Å². The minimum absolute atomic E-state index is 0.449. The van der Waals surface area contributed by atoms with Crippen LogP contribution in [0.5, 0.6) is 0 Å². The van der Waals surface area contributed by atoms with E-state index in [0.717, 1.165) is 19.4 Å². The summed E-state index contributed by atoms with van der Waals surface area (Å²) in [6, 6.07) is 18.1. The summed E-state index contributed by atoms with van der Waals surface area (Å²) in [6.07, 6.45) is 3.44. The minimum Gasteiger partial charge on any atom is -0.310 e. The van der Waals surface area contributed by atoms with E-state index in [-0.39, 0.29) is 0 Å². The third-order valence-electron chi connectivity index (χ3n) is 4.14. The molecule has 0 radical (unpaired) electrons. The zero-order valence-corrected chi connectivity index (χ0v) is 13.5. The second kappa shape index (κ2) is 7.99. The Hall–Kier alpha value is -1.60. The molecular weight excluding hydrogens is 254 g/mol. The van der Waals surface area contributed by atoms with Crippen molar-refractivity contribution in [2.45, 2.75) is 46.1 Å². The largest absolute Gasteiger partial charge is 0.310 e. The van der Waals surface area contributed by atoms with Gasteiger partial charge < -0.3 is 5.32 Å². The van der Waals surface area contributed by atoms with Crippen LogP contribution in [-0.2, 0) is 6.42 Å². The van der Waals surface area contributed by atoms with Crippen LogP contribution < -0.4 is 5.32 Å². The predicted octanol–water partition coefficient (Wildman–Crippen LogP) is 4.98.